The first-order valence-corrected chi connectivity index (χ1v) is 11.8. The number of nitrogens with zero attached hydrogens (tertiary/aromatic N) is 3. The number of carbonyl (C=O) groups is 3. The van der Waals surface area contributed by atoms with Crippen LogP contribution < -0.4 is 21.7 Å². The van der Waals surface area contributed by atoms with Crippen molar-refractivity contribution in [1.29, 1.82) is 0 Å². The molecule has 0 saturated carbocycles. The van der Waals surface area contributed by atoms with Gasteiger partial charge in [0.1, 0.15) is 11.6 Å². The molecule has 5 N–H and O–H groups in total. The molecule has 2 aromatic heterocycles. The molecular weight excluding hydrogens is 494 g/mol. The Kier molecular flexibility index (Phi) is 6.57. The molecule has 1 fully saturated rings. The largest absolute Gasteiger partial charge is 0.384 e. The van der Waals surface area contributed by atoms with Gasteiger partial charge >= 0.3 is 0 Å². The standard InChI is InChI=1S/C26H22ClN7O3/c27-19-10-9-15(20-7-4-8-22(28)31-20)11-18(19)25(36)32-23-13-21(26(37)30-16-12-24(35)29-14-16)33-34(23)17-5-2-1-3-6-17/h1-11,13,16H,12,14H2,(H2,28,31)(H,29,35)(H,30,37)(H,32,36)/t16-/m0/s1. The maximum Gasteiger partial charge on any atom is 0.272 e. The summed E-state index contributed by atoms with van der Waals surface area (Å²) in [4.78, 5) is 42.0. The highest BCUT2D eigenvalue weighted by Crippen LogP contribution is 2.26. The van der Waals surface area contributed by atoms with Gasteiger partial charge in [0.25, 0.3) is 11.8 Å². The van der Waals surface area contributed by atoms with E-state index < -0.39 is 11.8 Å². The fourth-order valence-corrected chi connectivity index (χ4v) is 4.17. The van der Waals surface area contributed by atoms with Crippen LogP contribution >= 0.6 is 11.6 Å². The summed E-state index contributed by atoms with van der Waals surface area (Å²) in [5.41, 5.74) is 8.00. The van der Waals surface area contributed by atoms with E-state index in [0.717, 1.165) is 0 Å². The lowest BCUT2D eigenvalue weighted by molar-refractivity contribution is -0.119. The molecule has 1 aliphatic rings. The summed E-state index contributed by atoms with van der Waals surface area (Å²) in [7, 11) is 0. The normalized spacial score (nSPS) is 14.7. The topological polar surface area (TPSA) is 144 Å². The van der Waals surface area contributed by atoms with Gasteiger partial charge in [-0.25, -0.2) is 9.67 Å². The molecule has 1 saturated heterocycles. The van der Waals surface area contributed by atoms with Crippen LogP contribution in [0.1, 0.15) is 27.3 Å². The highest BCUT2D eigenvalue weighted by molar-refractivity contribution is 6.34. The van der Waals surface area contributed by atoms with Crippen molar-refractivity contribution in [2.75, 3.05) is 17.6 Å². The van der Waals surface area contributed by atoms with Crippen LogP contribution in [0, 0.1) is 0 Å². The Morgan fingerprint density at radius 2 is 1.84 bits per heavy atom. The van der Waals surface area contributed by atoms with Crippen LogP contribution in [0.4, 0.5) is 11.6 Å². The average molecular weight is 516 g/mol. The quantitative estimate of drug-likeness (QED) is 0.310. The lowest BCUT2D eigenvalue weighted by Crippen LogP contribution is -2.36. The molecule has 11 heteroatoms. The van der Waals surface area contributed by atoms with Crippen LogP contribution in [0.2, 0.25) is 5.02 Å². The van der Waals surface area contributed by atoms with E-state index in [-0.39, 0.29) is 40.5 Å². The number of amides is 3. The van der Waals surface area contributed by atoms with E-state index in [0.29, 0.717) is 29.3 Å². The second kappa shape index (κ2) is 10.1. The van der Waals surface area contributed by atoms with Gasteiger partial charge in [0, 0.05) is 24.6 Å². The van der Waals surface area contributed by atoms with Crippen LogP contribution in [0.15, 0.2) is 72.8 Å². The number of nitrogens with two attached hydrogens (primary N) is 1. The number of nitrogen functional groups attached to an aromatic ring is 1. The third-order valence-electron chi connectivity index (χ3n) is 5.77. The SMILES string of the molecule is Nc1cccc(-c2ccc(Cl)c(C(=O)Nc3cc(C(=O)N[C@@H]4CNC(=O)C4)nn3-c3ccccc3)c2)n1. The van der Waals surface area contributed by atoms with Gasteiger partial charge in [0.2, 0.25) is 5.91 Å². The van der Waals surface area contributed by atoms with Gasteiger partial charge in [-0.05, 0) is 36.4 Å². The van der Waals surface area contributed by atoms with Crippen molar-refractivity contribution in [3.8, 4) is 16.9 Å². The lowest BCUT2D eigenvalue weighted by atomic mass is 10.1. The van der Waals surface area contributed by atoms with Gasteiger partial charge in [-0.3, -0.25) is 14.4 Å². The molecule has 1 aliphatic heterocycles. The minimum atomic E-state index is -0.495. The van der Waals surface area contributed by atoms with E-state index in [1.54, 1.807) is 48.5 Å². The zero-order valence-corrected chi connectivity index (χ0v) is 20.2. The third-order valence-corrected chi connectivity index (χ3v) is 6.10. The summed E-state index contributed by atoms with van der Waals surface area (Å²) in [5, 5.41) is 12.9. The number of para-hydroxylation sites is 1. The maximum absolute atomic E-state index is 13.3. The molecule has 3 heterocycles. The maximum atomic E-state index is 13.3. The predicted octanol–water partition coefficient (Wildman–Crippen LogP) is 3.04. The Bertz CT molecular complexity index is 1500. The fourth-order valence-electron chi connectivity index (χ4n) is 3.97. The molecule has 0 aliphatic carbocycles. The van der Waals surface area contributed by atoms with Crippen LogP contribution in [0.5, 0.6) is 0 Å². The van der Waals surface area contributed by atoms with Crippen molar-refractivity contribution in [3.05, 3.63) is 89.1 Å². The number of rotatable bonds is 6. The lowest BCUT2D eigenvalue weighted by Gasteiger charge is -2.11. The number of hydrogen-bond donors (Lipinski definition) is 4. The highest BCUT2D eigenvalue weighted by Gasteiger charge is 2.25. The van der Waals surface area contributed by atoms with Crippen molar-refractivity contribution < 1.29 is 14.4 Å². The van der Waals surface area contributed by atoms with Crippen molar-refractivity contribution in [2.24, 2.45) is 0 Å². The average Bonchev–Trinajstić information content (AvgIpc) is 3.50. The molecule has 2 aromatic carbocycles. The second-order valence-corrected chi connectivity index (χ2v) is 8.84. The first-order valence-electron chi connectivity index (χ1n) is 11.4. The molecular formula is C26H22ClN7O3. The molecule has 4 aromatic rings. The van der Waals surface area contributed by atoms with E-state index in [1.807, 2.05) is 18.2 Å². The summed E-state index contributed by atoms with van der Waals surface area (Å²) < 4.78 is 1.46. The summed E-state index contributed by atoms with van der Waals surface area (Å²) in [6.07, 6.45) is 0.200. The number of carbonyl (C=O) groups excluding carboxylic acids is 3. The Morgan fingerprint density at radius 1 is 1.03 bits per heavy atom. The molecule has 0 unspecified atom stereocenters. The van der Waals surface area contributed by atoms with Crippen LogP contribution in [0.3, 0.4) is 0 Å². The summed E-state index contributed by atoms with van der Waals surface area (Å²) >= 11 is 6.37. The molecule has 0 radical (unpaired) electrons. The molecule has 5 rings (SSSR count). The van der Waals surface area contributed by atoms with Crippen LogP contribution in [-0.4, -0.2) is 45.1 Å². The molecule has 0 spiro atoms. The van der Waals surface area contributed by atoms with Gasteiger partial charge in [0.15, 0.2) is 5.69 Å². The predicted molar refractivity (Wildman–Crippen MR) is 139 cm³/mol. The van der Waals surface area contributed by atoms with Crippen molar-refractivity contribution in [2.45, 2.75) is 12.5 Å². The molecule has 1 atom stereocenters. The highest BCUT2D eigenvalue weighted by atomic mass is 35.5. The fraction of sp³-hybridized carbons (Fsp3) is 0.115. The van der Waals surface area contributed by atoms with Crippen LogP contribution in [-0.2, 0) is 4.79 Å². The molecule has 186 valence electrons. The monoisotopic (exact) mass is 515 g/mol. The van der Waals surface area contributed by atoms with Crippen LogP contribution in [0.25, 0.3) is 16.9 Å². The third kappa shape index (κ3) is 5.29. The molecule has 37 heavy (non-hydrogen) atoms. The van der Waals surface area contributed by atoms with E-state index in [1.165, 1.54) is 10.7 Å². The van der Waals surface area contributed by atoms with Crippen molar-refractivity contribution >= 4 is 41.0 Å². The molecule has 0 bridgehead atoms. The number of halogens is 1. The van der Waals surface area contributed by atoms with Gasteiger partial charge in [-0.2, -0.15) is 5.10 Å². The number of nitrogens with one attached hydrogen (secondary N) is 3. The Morgan fingerprint density at radius 3 is 2.57 bits per heavy atom. The number of aromatic nitrogens is 3. The van der Waals surface area contributed by atoms with Gasteiger partial charge < -0.3 is 21.7 Å². The zero-order valence-electron chi connectivity index (χ0n) is 19.4. The number of benzene rings is 2. The Balaban J connectivity index is 1.45. The Hall–Kier alpha value is -4.70. The minimum absolute atomic E-state index is 0.0855. The van der Waals surface area contributed by atoms with Crippen molar-refractivity contribution in [3.63, 3.8) is 0 Å². The second-order valence-electron chi connectivity index (χ2n) is 8.44. The number of pyridine rings is 1. The van der Waals surface area contributed by atoms with Gasteiger partial charge in [0.05, 0.1) is 28.0 Å². The summed E-state index contributed by atoms with van der Waals surface area (Å²) in [6, 6.07) is 20.4. The van der Waals surface area contributed by atoms with Gasteiger partial charge in [-0.1, -0.05) is 41.9 Å². The van der Waals surface area contributed by atoms with E-state index in [2.05, 4.69) is 26.0 Å². The van der Waals surface area contributed by atoms with E-state index >= 15 is 0 Å². The van der Waals surface area contributed by atoms with Crippen molar-refractivity contribution in [1.82, 2.24) is 25.4 Å². The summed E-state index contributed by atoms with van der Waals surface area (Å²) in [6.45, 7) is 0.352. The minimum Gasteiger partial charge on any atom is -0.384 e. The first-order chi connectivity index (χ1) is 17.9. The van der Waals surface area contributed by atoms with Gasteiger partial charge in [-0.15, -0.1) is 0 Å². The molecule has 3 amide bonds. The van der Waals surface area contributed by atoms with E-state index in [9.17, 15) is 14.4 Å². The molecule has 10 nitrogen and oxygen atoms in total. The first kappa shape index (κ1) is 24.0. The summed E-state index contributed by atoms with van der Waals surface area (Å²) in [5.74, 6) is -0.454. The Labute approximate surface area is 216 Å². The zero-order chi connectivity index (χ0) is 25.9. The smallest absolute Gasteiger partial charge is 0.272 e. The number of hydrogen-bond acceptors (Lipinski definition) is 6. The number of anilines is 2. The van der Waals surface area contributed by atoms with E-state index in [4.69, 9.17) is 17.3 Å².